The minimum Gasteiger partial charge on any atom is -0.314 e. The Labute approximate surface area is 88.5 Å². The van der Waals surface area contributed by atoms with Gasteiger partial charge in [0, 0.05) is 32.2 Å². The van der Waals surface area contributed by atoms with Crippen molar-refractivity contribution in [1.29, 1.82) is 0 Å². The summed E-state index contributed by atoms with van der Waals surface area (Å²) in [7, 11) is 4.32. The Morgan fingerprint density at radius 1 is 1.29 bits per heavy atom. The van der Waals surface area contributed by atoms with E-state index in [0.717, 1.165) is 6.04 Å². The van der Waals surface area contributed by atoms with Gasteiger partial charge in [0.05, 0.1) is 0 Å². The van der Waals surface area contributed by atoms with Gasteiger partial charge in [-0.25, -0.2) is 0 Å². The van der Waals surface area contributed by atoms with Gasteiger partial charge < -0.3 is 15.1 Å². The third kappa shape index (κ3) is 4.40. The van der Waals surface area contributed by atoms with Crippen molar-refractivity contribution in [2.24, 2.45) is 0 Å². The summed E-state index contributed by atoms with van der Waals surface area (Å²) in [5.74, 6) is 0. The van der Waals surface area contributed by atoms with Gasteiger partial charge in [-0.15, -0.1) is 0 Å². The van der Waals surface area contributed by atoms with Crippen LogP contribution in [0.2, 0.25) is 0 Å². The van der Waals surface area contributed by atoms with Crippen LogP contribution in [0.25, 0.3) is 0 Å². The van der Waals surface area contributed by atoms with Crippen LogP contribution < -0.4 is 5.32 Å². The molecular weight excluding hydrogens is 174 g/mol. The monoisotopic (exact) mass is 199 g/mol. The zero-order valence-corrected chi connectivity index (χ0v) is 9.92. The Morgan fingerprint density at radius 2 is 1.93 bits per heavy atom. The zero-order valence-electron chi connectivity index (χ0n) is 9.92. The molecule has 0 spiro atoms. The van der Waals surface area contributed by atoms with E-state index in [-0.39, 0.29) is 0 Å². The van der Waals surface area contributed by atoms with Crippen molar-refractivity contribution in [1.82, 2.24) is 15.1 Å². The fourth-order valence-electron chi connectivity index (χ4n) is 1.80. The molecule has 0 saturated carbocycles. The van der Waals surface area contributed by atoms with Gasteiger partial charge in [0.25, 0.3) is 0 Å². The zero-order chi connectivity index (χ0) is 10.4. The highest BCUT2D eigenvalue weighted by molar-refractivity contribution is 4.68. The molecule has 0 aromatic rings. The molecule has 1 aliphatic rings. The summed E-state index contributed by atoms with van der Waals surface area (Å²) >= 11 is 0. The molecule has 14 heavy (non-hydrogen) atoms. The van der Waals surface area contributed by atoms with E-state index in [9.17, 15) is 0 Å². The lowest BCUT2D eigenvalue weighted by Gasteiger charge is -2.28. The predicted molar refractivity (Wildman–Crippen MR) is 61.7 cm³/mol. The first kappa shape index (κ1) is 12.0. The van der Waals surface area contributed by atoms with Crippen molar-refractivity contribution >= 4 is 0 Å². The van der Waals surface area contributed by atoms with Crippen molar-refractivity contribution < 1.29 is 0 Å². The maximum Gasteiger partial charge on any atom is 0.0107 e. The molecule has 0 aromatic carbocycles. The summed E-state index contributed by atoms with van der Waals surface area (Å²) in [6, 6.07) is 0.720. The summed E-state index contributed by atoms with van der Waals surface area (Å²) in [6.07, 6.45) is 2.65. The van der Waals surface area contributed by atoms with E-state index in [4.69, 9.17) is 0 Å². The molecule has 1 unspecified atom stereocenters. The van der Waals surface area contributed by atoms with Gasteiger partial charge >= 0.3 is 0 Å². The highest BCUT2D eigenvalue weighted by Gasteiger charge is 2.10. The lowest BCUT2D eigenvalue weighted by Crippen LogP contribution is -2.43. The molecule has 1 heterocycles. The molecule has 1 N–H and O–H groups in total. The van der Waals surface area contributed by atoms with E-state index >= 15 is 0 Å². The van der Waals surface area contributed by atoms with Crippen LogP contribution in [0.3, 0.4) is 0 Å². The second-order valence-electron chi connectivity index (χ2n) is 4.55. The van der Waals surface area contributed by atoms with Crippen LogP contribution in [-0.2, 0) is 0 Å². The largest absolute Gasteiger partial charge is 0.314 e. The van der Waals surface area contributed by atoms with Crippen LogP contribution in [0, 0.1) is 0 Å². The van der Waals surface area contributed by atoms with Crippen LogP contribution in [0.1, 0.15) is 19.8 Å². The smallest absolute Gasteiger partial charge is 0.0107 e. The second-order valence-corrected chi connectivity index (χ2v) is 4.55. The summed E-state index contributed by atoms with van der Waals surface area (Å²) in [5.41, 5.74) is 0. The molecule has 1 saturated heterocycles. The average molecular weight is 199 g/mol. The van der Waals surface area contributed by atoms with Gasteiger partial charge in [0.1, 0.15) is 0 Å². The van der Waals surface area contributed by atoms with E-state index in [1.54, 1.807) is 0 Å². The third-order valence-corrected chi connectivity index (χ3v) is 3.19. The molecular formula is C11H25N3. The van der Waals surface area contributed by atoms with Crippen molar-refractivity contribution in [3.63, 3.8) is 0 Å². The molecule has 1 rings (SSSR count). The van der Waals surface area contributed by atoms with Crippen LogP contribution in [-0.4, -0.2) is 62.7 Å². The molecule has 1 atom stereocenters. The number of hydrogen-bond acceptors (Lipinski definition) is 3. The van der Waals surface area contributed by atoms with Crippen LogP contribution in [0.5, 0.6) is 0 Å². The number of nitrogens with one attached hydrogen (secondary N) is 1. The Balaban J connectivity index is 2.02. The quantitative estimate of drug-likeness (QED) is 0.700. The Hall–Kier alpha value is -0.120. The van der Waals surface area contributed by atoms with Gasteiger partial charge in [-0.1, -0.05) is 0 Å². The number of hydrogen-bond donors (Lipinski definition) is 1. The first-order valence-corrected chi connectivity index (χ1v) is 5.79. The van der Waals surface area contributed by atoms with Gasteiger partial charge in [-0.2, -0.15) is 0 Å². The molecule has 0 amide bonds. The molecule has 3 nitrogen and oxygen atoms in total. The Kier molecular flexibility index (Phi) is 5.45. The van der Waals surface area contributed by atoms with Crippen LogP contribution in [0.15, 0.2) is 0 Å². The normalized spacial score (nSPS) is 21.4. The van der Waals surface area contributed by atoms with E-state index in [1.165, 1.54) is 45.6 Å². The lowest BCUT2D eigenvalue weighted by molar-refractivity contribution is 0.221. The summed E-state index contributed by atoms with van der Waals surface area (Å²) < 4.78 is 0. The van der Waals surface area contributed by atoms with E-state index in [2.05, 4.69) is 36.1 Å². The van der Waals surface area contributed by atoms with Gasteiger partial charge in [-0.05, 0) is 40.4 Å². The third-order valence-electron chi connectivity index (χ3n) is 3.19. The lowest BCUT2D eigenvalue weighted by atomic mass is 10.1. The van der Waals surface area contributed by atoms with Crippen LogP contribution >= 0.6 is 0 Å². The summed E-state index contributed by atoms with van der Waals surface area (Å²) in [4.78, 5) is 4.87. The van der Waals surface area contributed by atoms with Crippen molar-refractivity contribution in [2.75, 3.05) is 46.8 Å². The van der Waals surface area contributed by atoms with Gasteiger partial charge in [0.2, 0.25) is 0 Å². The molecule has 84 valence electrons. The highest BCUT2D eigenvalue weighted by Crippen LogP contribution is 2.04. The summed E-state index contributed by atoms with van der Waals surface area (Å²) in [6.45, 7) is 8.39. The molecule has 1 aliphatic heterocycles. The van der Waals surface area contributed by atoms with Crippen molar-refractivity contribution in [2.45, 2.75) is 25.8 Å². The molecule has 0 aromatic heterocycles. The minimum absolute atomic E-state index is 0.720. The fourth-order valence-corrected chi connectivity index (χ4v) is 1.80. The van der Waals surface area contributed by atoms with E-state index in [1.807, 2.05) is 0 Å². The number of rotatable bonds is 5. The number of piperazine rings is 1. The van der Waals surface area contributed by atoms with Gasteiger partial charge in [0.15, 0.2) is 0 Å². The first-order chi connectivity index (χ1) is 6.70. The topological polar surface area (TPSA) is 18.5 Å². The standard InChI is InChI=1S/C11H25N3/c1-11(13(2)3)5-4-8-14-9-6-12-7-10-14/h11-12H,4-10H2,1-3H3. The molecule has 3 heteroatoms. The first-order valence-electron chi connectivity index (χ1n) is 5.79. The number of nitrogens with zero attached hydrogens (tertiary/aromatic N) is 2. The SMILES string of the molecule is CC(CCCN1CCNCC1)N(C)C. The maximum atomic E-state index is 3.38. The minimum atomic E-state index is 0.720. The maximum absolute atomic E-state index is 3.38. The molecule has 0 aliphatic carbocycles. The predicted octanol–water partition coefficient (Wildman–Crippen LogP) is 0.622. The van der Waals surface area contributed by atoms with Gasteiger partial charge in [-0.3, -0.25) is 0 Å². The fraction of sp³-hybridized carbons (Fsp3) is 1.00. The Bertz CT molecular complexity index is 141. The second kappa shape index (κ2) is 6.38. The average Bonchev–Trinajstić information content (AvgIpc) is 2.19. The highest BCUT2D eigenvalue weighted by atomic mass is 15.2. The van der Waals surface area contributed by atoms with E-state index < -0.39 is 0 Å². The molecule has 0 radical (unpaired) electrons. The Morgan fingerprint density at radius 3 is 2.50 bits per heavy atom. The van der Waals surface area contributed by atoms with Crippen molar-refractivity contribution in [3.05, 3.63) is 0 Å². The molecule has 1 fully saturated rings. The van der Waals surface area contributed by atoms with Crippen LogP contribution in [0.4, 0.5) is 0 Å². The van der Waals surface area contributed by atoms with E-state index in [0.29, 0.717) is 0 Å². The molecule has 0 bridgehead atoms. The summed E-state index contributed by atoms with van der Waals surface area (Å²) in [5, 5.41) is 3.38. The van der Waals surface area contributed by atoms with Crippen molar-refractivity contribution in [3.8, 4) is 0 Å².